The topological polar surface area (TPSA) is 113 Å². The number of esters is 1. The Morgan fingerprint density at radius 3 is 2.19 bits per heavy atom. The average Bonchev–Trinajstić information content (AvgIpc) is 2.69. The van der Waals surface area contributed by atoms with Crippen LogP contribution in [0.15, 0.2) is 47.4 Å². The number of ether oxygens (including phenoxy) is 1. The van der Waals surface area contributed by atoms with E-state index < -0.39 is 50.0 Å². The van der Waals surface area contributed by atoms with Gasteiger partial charge in [0.25, 0.3) is 15.7 Å². The minimum Gasteiger partial charge on any atom is -0.452 e. The molecule has 5 rings (SSSR count). The fraction of sp³-hybridized carbons (Fsp3) is 0.550. The van der Waals surface area contributed by atoms with Crippen molar-refractivity contribution in [3.05, 3.63) is 52.6 Å². The highest BCUT2D eigenvalue weighted by Crippen LogP contribution is 2.61. The highest BCUT2D eigenvalue weighted by molar-refractivity contribution is 7.86. The van der Waals surface area contributed by atoms with Crippen molar-refractivity contribution < 1.29 is 40.2 Å². The van der Waals surface area contributed by atoms with Gasteiger partial charge >= 0.3 is 12.1 Å². The molecule has 0 saturated heterocycles. The zero-order chi connectivity index (χ0) is 23.5. The minimum absolute atomic E-state index is 0.00893. The van der Waals surface area contributed by atoms with E-state index in [1.807, 2.05) is 0 Å². The van der Waals surface area contributed by atoms with E-state index in [9.17, 15) is 36.5 Å². The molecular formula is C20H20F3NO7S. The monoisotopic (exact) mass is 475 g/mol. The fourth-order valence-corrected chi connectivity index (χ4v) is 6.91. The van der Waals surface area contributed by atoms with E-state index in [-0.39, 0.29) is 42.4 Å². The molecule has 32 heavy (non-hydrogen) atoms. The Bertz CT molecular complexity index is 1060. The van der Waals surface area contributed by atoms with Crippen LogP contribution in [0.1, 0.15) is 32.1 Å². The molecule has 0 N–H and O–H groups in total. The molecule has 4 bridgehead atoms. The lowest BCUT2D eigenvalue weighted by Crippen LogP contribution is -2.73. The van der Waals surface area contributed by atoms with Gasteiger partial charge in [-0.1, -0.05) is 24.8 Å². The van der Waals surface area contributed by atoms with Crippen LogP contribution in [0.3, 0.4) is 0 Å². The minimum atomic E-state index is -5.06. The second kappa shape index (κ2) is 7.27. The maximum atomic E-state index is 13.0. The van der Waals surface area contributed by atoms with Gasteiger partial charge in [0.15, 0.2) is 6.10 Å². The molecule has 174 valence electrons. The van der Waals surface area contributed by atoms with Crippen molar-refractivity contribution in [1.29, 1.82) is 0 Å². The second-order valence-electron chi connectivity index (χ2n) is 8.82. The SMILES string of the molecule is C=C(C(=O)OC12CC3CC(C1)CC([N+](=O)[O-])(C3)C2OS(=O)(=O)c1ccccc1)C(F)(F)F. The summed E-state index contributed by atoms with van der Waals surface area (Å²) in [5.74, 6) is -2.40. The summed E-state index contributed by atoms with van der Waals surface area (Å²) in [6, 6.07) is 6.88. The number of alkyl halides is 3. The smallest absolute Gasteiger partial charge is 0.422 e. The molecule has 0 aromatic heterocycles. The Morgan fingerprint density at radius 1 is 1.12 bits per heavy atom. The van der Waals surface area contributed by atoms with Gasteiger partial charge in [-0.3, -0.25) is 14.3 Å². The third-order valence-corrected chi connectivity index (χ3v) is 7.98. The molecule has 4 aliphatic rings. The van der Waals surface area contributed by atoms with Gasteiger partial charge in [-0.15, -0.1) is 0 Å². The summed E-state index contributed by atoms with van der Waals surface area (Å²) in [6.45, 7) is 2.73. The number of nitro groups is 1. The molecule has 3 unspecified atom stereocenters. The number of nitrogens with zero attached hydrogens (tertiary/aromatic N) is 1. The first-order chi connectivity index (χ1) is 14.8. The summed E-state index contributed by atoms with van der Waals surface area (Å²) in [4.78, 5) is 23.6. The van der Waals surface area contributed by atoms with Crippen LogP contribution in [0.2, 0.25) is 0 Å². The Kier molecular flexibility index (Phi) is 5.16. The number of hydrogen-bond acceptors (Lipinski definition) is 7. The molecule has 4 aliphatic carbocycles. The van der Waals surface area contributed by atoms with Crippen molar-refractivity contribution >= 4 is 16.1 Å². The largest absolute Gasteiger partial charge is 0.452 e. The first-order valence-electron chi connectivity index (χ1n) is 9.91. The number of halogens is 3. The summed E-state index contributed by atoms with van der Waals surface area (Å²) in [5, 5.41) is 12.2. The first-order valence-corrected chi connectivity index (χ1v) is 11.3. The van der Waals surface area contributed by atoms with E-state index in [1.54, 1.807) is 6.07 Å². The average molecular weight is 475 g/mol. The number of carbonyl (C=O) groups is 1. The van der Waals surface area contributed by atoms with Crippen LogP contribution >= 0.6 is 0 Å². The van der Waals surface area contributed by atoms with Gasteiger partial charge in [-0.2, -0.15) is 21.6 Å². The van der Waals surface area contributed by atoms with Crippen LogP contribution in [0.5, 0.6) is 0 Å². The standard InChI is InChI=1S/C20H20F3NO7S/c1-12(20(21,22)23)16(25)30-19-10-13-7-14(11-19)9-18(8-13,24(26)27)17(19)31-32(28,29)15-5-3-2-4-6-15/h2-6,13-14,17H,1,7-11H2. The number of benzene rings is 1. The zero-order valence-corrected chi connectivity index (χ0v) is 17.5. The Morgan fingerprint density at radius 2 is 1.69 bits per heavy atom. The second-order valence-corrected chi connectivity index (χ2v) is 10.4. The molecule has 12 heteroatoms. The molecule has 1 aromatic carbocycles. The van der Waals surface area contributed by atoms with Crippen LogP contribution in [-0.2, 0) is 23.8 Å². The summed E-state index contributed by atoms with van der Waals surface area (Å²) in [6.07, 6.45) is -6.31. The summed E-state index contributed by atoms with van der Waals surface area (Å²) < 4.78 is 75.5. The molecule has 4 saturated carbocycles. The van der Waals surface area contributed by atoms with Gasteiger partial charge in [0.05, 0.1) is 4.90 Å². The molecule has 0 amide bonds. The molecule has 0 spiro atoms. The molecule has 0 heterocycles. The highest BCUT2D eigenvalue weighted by atomic mass is 32.2. The van der Waals surface area contributed by atoms with Crippen molar-refractivity contribution in [3.8, 4) is 0 Å². The molecule has 0 aliphatic heterocycles. The first kappa shape index (κ1) is 22.7. The van der Waals surface area contributed by atoms with Crippen molar-refractivity contribution in [3.63, 3.8) is 0 Å². The van der Waals surface area contributed by atoms with E-state index in [4.69, 9.17) is 8.92 Å². The van der Waals surface area contributed by atoms with Gasteiger partial charge in [-0.05, 0) is 43.2 Å². The maximum Gasteiger partial charge on any atom is 0.422 e. The van der Waals surface area contributed by atoms with Gasteiger partial charge in [-0.25, -0.2) is 4.79 Å². The Labute approximate surface area is 181 Å². The van der Waals surface area contributed by atoms with Crippen molar-refractivity contribution in [1.82, 2.24) is 0 Å². The van der Waals surface area contributed by atoms with Crippen molar-refractivity contribution in [2.24, 2.45) is 11.8 Å². The summed E-state index contributed by atoms with van der Waals surface area (Å²) in [5.41, 5.74) is -5.55. The zero-order valence-electron chi connectivity index (χ0n) is 16.7. The van der Waals surface area contributed by atoms with E-state index >= 15 is 0 Å². The van der Waals surface area contributed by atoms with Crippen LogP contribution in [0, 0.1) is 22.0 Å². The van der Waals surface area contributed by atoms with Crippen molar-refractivity contribution in [2.75, 3.05) is 0 Å². The fourth-order valence-electron chi connectivity index (χ4n) is 5.70. The Hall–Kier alpha value is -2.47. The maximum absolute atomic E-state index is 13.0. The molecule has 4 fully saturated rings. The molecule has 1 aromatic rings. The third kappa shape index (κ3) is 3.58. The number of rotatable bonds is 6. The molecule has 8 nitrogen and oxygen atoms in total. The van der Waals surface area contributed by atoms with Crippen LogP contribution in [-0.4, -0.2) is 42.7 Å². The quantitative estimate of drug-likeness (QED) is 0.204. The number of carbonyl (C=O) groups excluding carboxylic acids is 1. The van der Waals surface area contributed by atoms with Crippen LogP contribution in [0.4, 0.5) is 13.2 Å². The van der Waals surface area contributed by atoms with E-state index in [0.717, 1.165) is 0 Å². The lowest BCUT2D eigenvalue weighted by molar-refractivity contribution is -0.605. The predicted molar refractivity (Wildman–Crippen MR) is 102 cm³/mol. The summed E-state index contributed by atoms with van der Waals surface area (Å²) in [7, 11) is -4.54. The normalized spacial score (nSPS) is 33.7. The highest BCUT2D eigenvalue weighted by Gasteiger charge is 2.74. The Balaban J connectivity index is 1.77. The van der Waals surface area contributed by atoms with Gasteiger partial charge in [0.2, 0.25) is 0 Å². The molecule has 0 radical (unpaired) electrons. The van der Waals surface area contributed by atoms with Crippen LogP contribution < -0.4 is 0 Å². The lowest BCUT2D eigenvalue weighted by atomic mass is 9.49. The van der Waals surface area contributed by atoms with E-state index in [0.29, 0.717) is 6.42 Å². The van der Waals surface area contributed by atoms with E-state index in [1.165, 1.54) is 24.3 Å². The predicted octanol–water partition coefficient (Wildman–Crippen LogP) is 3.40. The lowest BCUT2D eigenvalue weighted by Gasteiger charge is -2.59. The van der Waals surface area contributed by atoms with Gasteiger partial charge < -0.3 is 4.74 Å². The number of hydrogen-bond donors (Lipinski definition) is 0. The van der Waals surface area contributed by atoms with Gasteiger partial charge in [0.1, 0.15) is 11.2 Å². The molecular weight excluding hydrogens is 455 g/mol. The van der Waals surface area contributed by atoms with Crippen LogP contribution in [0.25, 0.3) is 0 Å². The van der Waals surface area contributed by atoms with E-state index in [2.05, 4.69) is 6.58 Å². The van der Waals surface area contributed by atoms with Crippen molar-refractivity contribution in [2.45, 2.75) is 60.4 Å². The van der Waals surface area contributed by atoms with Gasteiger partial charge in [0, 0.05) is 17.8 Å². The summed E-state index contributed by atoms with van der Waals surface area (Å²) >= 11 is 0. The third-order valence-electron chi connectivity index (χ3n) is 6.69. The molecule has 3 atom stereocenters.